The predicted octanol–water partition coefficient (Wildman–Crippen LogP) is 9.79. The summed E-state index contributed by atoms with van der Waals surface area (Å²) >= 11 is -2.43. The average molecular weight is 533 g/mol. The summed E-state index contributed by atoms with van der Waals surface area (Å²) in [6.45, 7) is 7.04. The van der Waals surface area contributed by atoms with Gasteiger partial charge in [-0.2, -0.15) is 0 Å². The molecule has 0 N–H and O–H groups in total. The van der Waals surface area contributed by atoms with E-state index < -0.39 is 17.0 Å². The number of hydrogen-bond donors (Lipinski definition) is 0. The third kappa shape index (κ3) is 5.13. The summed E-state index contributed by atoms with van der Waals surface area (Å²) < 4.78 is 3.57. The van der Waals surface area contributed by atoms with Gasteiger partial charge in [-0.1, -0.05) is 0 Å². The standard InChI is InChI=1S/C10H14S.3C6H11.Sn/c1-7-4-8(2)10(6-11)9(3)5-7;3*1-2-4-6-5-3-1;/h4-5,11H,6H2,1-3H3;3*1H,2-6H2;/q;;;;+1/p-1. The van der Waals surface area contributed by atoms with Gasteiger partial charge in [0.25, 0.3) is 0 Å². The molecule has 1 aromatic carbocycles. The van der Waals surface area contributed by atoms with Crippen molar-refractivity contribution in [2.45, 2.75) is 135 Å². The molecule has 3 saturated carbocycles. The molecule has 0 spiro atoms. The summed E-state index contributed by atoms with van der Waals surface area (Å²) in [5.41, 5.74) is 6.28. The van der Waals surface area contributed by atoms with E-state index in [4.69, 9.17) is 0 Å². The Bertz CT molecular complexity index is 609. The molecule has 0 bridgehead atoms. The van der Waals surface area contributed by atoms with Crippen LogP contribution in [0.1, 0.15) is 119 Å². The van der Waals surface area contributed by atoms with Crippen molar-refractivity contribution in [1.29, 1.82) is 0 Å². The van der Waals surface area contributed by atoms with Crippen LogP contribution in [-0.2, 0) is 5.75 Å². The predicted molar refractivity (Wildman–Crippen MR) is 138 cm³/mol. The number of benzene rings is 1. The maximum absolute atomic E-state index is 2.69. The van der Waals surface area contributed by atoms with Gasteiger partial charge >= 0.3 is 195 Å². The second kappa shape index (κ2) is 11.0. The molecule has 0 radical (unpaired) electrons. The van der Waals surface area contributed by atoms with E-state index >= 15 is 0 Å². The summed E-state index contributed by atoms with van der Waals surface area (Å²) in [5.74, 6) is 1.34. The van der Waals surface area contributed by atoms with E-state index in [0.29, 0.717) is 0 Å². The molecular formula is C28H46SSn. The first-order valence-corrected chi connectivity index (χ1v) is 22.7. The van der Waals surface area contributed by atoms with Crippen molar-refractivity contribution >= 4 is 25.9 Å². The van der Waals surface area contributed by atoms with Crippen LogP contribution >= 0.6 is 8.95 Å². The third-order valence-electron chi connectivity index (χ3n) is 9.04. The first kappa shape index (κ1) is 23.5. The van der Waals surface area contributed by atoms with Gasteiger partial charge in [0.05, 0.1) is 0 Å². The van der Waals surface area contributed by atoms with Gasteiger partial charge < -0.3 is 0 Å². The van der Waals surface area contributed by atoms with Crippen molar-refractivity contribution in [2.75, 3.05) is 0 Å². The Morgan fingerprint density at radius 2 is 1.00 bits per heavy atom. The molecule has 168 valence electrons. The fourth-order valence-electron chi connectivity index (χ4n) is 7.65. The maximum atomic E-state index is 2.69. The molecule has 3 aliphatic rings. The van der Waals surface area contributed by atoms with Crippen LogP contribution in [0.25, 0.3) is 0 Å². The van der Waals surface area contributed by atoms with E-state index in [2.05, 4.69) is 41.8 Å². The molecule has 0 heterocycles. The van der Waals surface area contributed by atoms with Crippen LogP contribution in [0.2, 0.25) is 11.8 Å². The normalized spacial score (nSPS) is 23.0. The zero-order valence-corrected chi connectivity index (χ0v) is 23.8. The summed E-state index contributed by atoms with van der Waals surface area (Å²) in [5, 5.41) is 0. The Labute approximate surface area is 194 Å². The first-order chi connectivity index (χ1) is 14.6. The second-order valence-electron chi connectivity index (χ2n) is 11.0. The minimum atomic E-state index is -2.43. The molecule has 0 unspecified atom stereocenters. The molecule has 4 rings (SSSR count). The van der Waals surface area contributed by atoms with Crippen molar-refractivity contribution in [1.82, 2.24) is 0 Å². The van der Waals surface area contributed by atoms with Crippen LogP contribution < -0.4 is 0 Å². The van der Waals surface area contributed by atoms with Crippen molar-refractivity contribution in [2.24, 2.45) is 0 Å². The molecule has 0 amide bonds. The molecule has 1 aromatic rings. The molecule has 0 aromatic heterocycles. The van der Waals surface area contributed by atoms with Gasteiger partial charge in [-0.25, -0.2) is 0 Å². The number of rotatable bonds is 6. The van der Waals surface area contributed by atoms with Crippen molar-refractivity contribution < 1.29 is 0 Å². The van der Waals surface area contributed by atoms with Gasteiger partial charge in [-0.15, -0.1) is 0 Å². The molecule has 0 atom stereocenters. The summed E-state index contributed by atoms with van der Waals surface area (Å²) in [6.07, 6.45) is 23.5. The number of aryl methyl sites for hydroxylation is 3. The van der Waals surface area contributed by atoms with Crippen molar-refractivity contribution in [3.63, 3.8) is 0 Å². The van der Waals surface area contributed by atoms with Crippen LogP contribution in [0.15, 0.2) is 12.1 Å². The van der Waals surface area contributed by atoms with Crippen LogP contribution in [-0.4, -0.2) is 17.0 Å². The zero-order valence-electron chi connectivity index (χ0n) is 20.1. The summed E-state index contributed by atoms with van der Waals surface area (Å²) in [6, 6.07) is 4.89. The molecular weight excluding hydrogens is 487 g/mol. The molecule has 0 nitrogen and oxygen atoms in total. The molecule has 0 saturated heterocycles. The minimum absolute atomic E-state index is 1.19. The summed E-state index contributed by atoms with van der Waals surface area (Å²) in [7, 11) is 2.69. The Hall–Kier alpha value is 0.369. The monoisotopic (exact) mass is 534 g/mol. The molecule has 30 heavy (non-hydrogen) atoms. The van der Waals surface area contributed by atoms with Gasteiger partial charge in [0.2, 0.25) is 0 Å². The van der Waals surface area contributed by atoms with E-state index in [1.54, 1.807) is 93.7 Å². The van der Waals surface area contributed by atoms with Crippen molar-refractivity contribution in [3.8, 4) is 0 Å². The molecule has 2 heteroatoms. The molecule has 0 aliphatic heterocycles. The molecule has 3 fully saturated rings. The van der Waals surface area contributed by atoms with Gasteiger partial charge in [0.1, 0.15) is 0 Å². The summed E-state index contributed by atoms with van der Waals surface area (Å²) in [4.78, 5) is 0. The van der Waals surface area contributed by atoms with Gasteiger partial charge in [-0.05, 0) is 0 Å². The van der Waals surface area contributed by atoms with Crippen LogP contribution in [0.4, 0.5) is 0 Å². The van der Waals surface area contributed by atoms with E-state index in [9.17, 15) is 0 Å². The average Bonchev–Trinajstić information content (AvgIpc) is 2.78. The van der Waals surface area contributed by atoms with E-state index in [-0.39, 0.29) is 0 Å². The van der Waals surface area contributed by atoms with Crippen molar-refractivity contribution in [3.05, 3.63) is 34.4 Å². The van der Waals surface area contributed by atoms with Crippen LogP contribution in [0, 0.1) is 20.8 Å². The first-order valence-electron chi connectivity index (χ1n) is 13.3. The zero-order chi connectivity index (χ0) is 21.0. The van der Waals surface area contributed by atoms with Crippen LogP contribution in [0.5, 0.6) is 0 Å². The van der Waals surface area contributed by atoms with Gasteiger partial charge in [-0.3, -0.25) is 0 Å². The quantitative estimate of drug-likeness (QED) is 0.328. The Morgan fingerprint density at radius 3 is 1.37 bits per heavy atom. The van der Waals surface area contributed by atoms with E-state index in [0.717, 1.165) is 0 Å². The van der Waals surface area contributed by atoms with Gasteiger partial charge in [0, 0.05) is 0 Å². The fourth-order valence-corrected chi connectivity index (χ4v) is 40.3. The van der Waals surface area contributed by atoms with Gasteiger partial charge in [0.15, 0.2) is 0 Å². The topological polar surface area (TPSA) is 0 Å². The van der Waals surface area contributed by atoms with E-state index in [1.165, 1.54) is 42.4 Å². The second-order valence-corrected chi connectivity index (χ2v) is 30.7. The molecule has 3 aliphatic carbocycles. The SMILES string of the molecule is Cc1cc(C)c(C[S][Sn]([CH]2CCCCC2)([CH]2CCCCC2)[CH]2CCCCC2)c(C)c1. The Morgan fingerprint density at radius 1 is 0.633 bits per heavy atom. The van der Waals surface area contributed by atoms with Crippen LogP contribution in [0.3, 0.4) is 0 Å². The van der Waals surface area contributed by atoms with E-state index in [1.807, 2.05) is 0 Å². The Kier molecular flexibility index (Phi) is 8.62. The third-order valence-corrected chi connectivity index (χ3v) is 38.1. The Balaban J connectivity index is 1.68. The number of hydrogen-bond acceptors (Lipinski definition) is 1. The fraction of sp³-hybridized carbons (Fsp3) is 0.786.